The molecule has 2 aliphatic rings. The molecule has 1 saturated carbocycles. The van der Waals surface area contributed by atoms with Crippen LogP contribution in [-0.2, 0) is 9.47 Å². The minimum Gasteiger partial charge on any atom is -0.462 e. The van der Waals surface area contributed by atoms with Gasteiger partial charge in [-0.2, -0.15) is 0 Å². The Bertz CT molecular complexity index is 758. The van der Waals surface area contributed by atoms with Gasteiger partial charge in [-0.25, -0.2) is 9.59 Å². The molecule has 138 valence electrons. The number of ether oxygens (including phenoxy) is 2. The van der Waals surface area contributed by atoms with E-state index in [-0.39, 0.29) is 23.8 Å². The number of allylic oxidation sites excluding steroid dienone is 2. The Morgan fingerprint density at radius 2 is 1.11 bits per heavy atom. The summed E-state index contributed by atoms with van der Waals surface area (Å²) in [5, 5.41) is 0. The number of fused-ring (bicyclic) bond motifs is 2. The van der Waals surface area contributed by atoms with Crippen molar-refractivity contribution in [2.75, 3.05) is 13.2 Å². The van der Waals surface area contributed by atoms with E-state index in [4.69, 9.17) is 9.47 Å². The third kappa shape index (κ3) is 3.80. The van der Waals surface area contributed by atoms with Crippen LogP contribution in [0, 0.1) is 23.7 Å². The highest BCUT2D eigenvalue weighted by atomic mass is 16.5. The summed E-state index contributed by atoms with van der Waals surface area (Å²) >= 11 is 0. The summed E-state index contributed by atoms with van der Waals surface area (Å²) in [5.41, 5.74) is 1.12. The Labute approximate surface area is 158 Å². The van der Waals surface area contributed by atoms with Crippen molar-refractivity contribution in [3.8, 4) is 0 Å². The van der Waals surface area contributed by atoms with Gasteiger partial charge >= 0.3 is 11.9 Å². The van der Waals surface area contributed by atoms with E-state index in [1.165, 1.54) is 0 Å². The van der Waals surface area contributed by atoms with Crippen molar-refractivity contribution in [2.45, 2.75) is 6.42 Å². The zero-order valence-corrected chi connectivity index (χ0v) is 15.0. The van der Waals surface area contributed by atoms with Gasteiger partial charge in [0.1, 0.15) is 0 Å². The molecule has 0 amide bonds. The van der Waals surface area contributed by atoms with Crippen LogP contribution in [0.1, 0.15) is 27.1 Å². The van der Waals surface area contributed by atoms with E-state index >= 15 is 0 Å². The lowest BCUT2D eigenvalue weighted by atomic mass is 9.84. The third-order valence-corrected chi connectivity index (χ3v) is 5.63. The number of benzene rings is 2. The highest BCUT2D eigenvalue weighted by molar-refractivity contribution is 5.89. The zero-order chi connectivity index (χ0) is 18.6. The van der Waals surface area contributed by atoms with Crippen molar-refractivity contribution in [3.05, 3.63) is 83.9 Å². The molecular weight excluding hydrogens is 340 g/mol. The average molecular weight is 362 g/mol. The van der Waals surface area contributed by atoms with Gasteiger partial charge in [0, 0.05) is 11.8 Å². The fourth-order valence-electron chi connectivity index (χ4n) is 4.18. The quantitative estimate of drug-likeness (QED) is 0.572. The van der Waals surface area contributed by atoms with Crippen molar-refractivity contribution >= 4 is 11.9 Å². The van der Waals surface area contributed by atoms with Crippen LogP contribution in [0.2, 0.25) is 0 Å². The summed E-state index contributed by atoms with van der Waals surface area (Å²) in [7, 11) is 0. The van der Waals surface area contributed by atoms with E-state index in [1.54, 1.807) is 24.3 Å². The maximum absolute atomic E-state index is 12.2. The van der Waals surface area contributed by atoms with Gasteiger partial charge in [0.05, 0.1) is 24.3 Å². The van der Waals surface area contributed by atoms with E-state index in [1.807, 2.05) is 36.4 Å². The molecule has 2 bridgehead atoms. The molecule has 0 aliphatic heterocycles. The first-order valence-corrected chi connectivity index (χ1v) is 9.35. The van der Waals surface area contributed by atoms with Crippen LogP contribution >= 0.6 is 0 Å². The van der Waals surface area contributed by atoms with Gasteiger partial charge in [0.2, 0.25) is 0 Å². The maximum Gasteiger partial charge on any atom is 0.338 e. The number of hydrogen-bond donors (Lipinski definition) is 0. The fraction of sp³-hybridized carbons (Fsp3) is 0.304. The Balaban J connectivity index is 1.36. The van der Waals surface area contributed by atoms with Gasteiger partial charge in [-0.1, -0.05) is 48.6 Å². The molecule has 0 heterocycles. The predicted molar refractivity (Wildman–Crippen MR) is 101 cm³/mol. The van der Waals surface area contributed by atoms with Gasteiger partial charge in [-0.3, -0.25) is 0 Å². The predicted octanol–water partition coefficient (Wildman–Crippen LogP) is 4.14. The Morgan fingerprint density at radius 1 is 0.704 bits per heavy atom. The van der Waals surface area contributed by atoms with Crippen molar-refractivity contribution in [2.24, 2.45) is 23.7 Å². The van der Waals surface area contributed by atoms with Crippen molar-refractivity contribution in [1.29, 1.82) is 0 Å². The summed E-state index contributed by atoms with van der Waals surface area (Å²) in [6, 6.07) is 18.0. The lowest BCUT2D eigenvalue weighted by Crippen LogP contribution is -2.30. The summed E-state index contributed by atoms with van der Waals surface area (Å²) in [4.78, 5) is 24.5. The molecule has 0 aromatic heterocycles. The summed E-state index contributed by atoms with van der Waals surface area (Å²) in [5.74, 6) is 0.551. The van der Waals surface area contributed by atoms with Crippen LogP contribution in [0.3, 0.4) is 0 Å². The topological polar surface area (TPSA) is 52.6 Å². The molecule has 4 rings (SSSR count). The Hall–Kier alpha value is -2.88. The lowest BCUT2D eigenvalue weighted by Gasteiger charge is -2.27. The third-order valence-electron chi connectivity index (χ3n) is 5.63. The molecule has 1 fully saturated rings. The van der Waals surface area contributed by atoms with Gasteiger partial charge in [-0.05, 0) is 42.5 Å². The fourth-order valence-corrected chi connectivity index (χ4v) is 4.18. The second-order valence-electron chi connectivity index (χ2n) is 7.20. The summed E-state index contributed by atoms with van der Waals surface area (Å²) in [6.07, 6.45) is 5.46. The van der Waals surface area contributed by atoms with Crippen LogP contribution in [0.4, 0.5) is 0 Å². The van der Waals surface area contributed by atoms with Gasteiger partial charge in [0.15, 0.2) is 0 Å². The van der Waals surface area contributed by atoms with Crippen molar-refractivity contribution < 1.29 is 19.1 Å². The normalized spacial score (nSPS) is 25.3. The molecule has 27 heavy (non-hydrogen) atoms. The van der Waals surface area contributed by atoms with E-state index in [0.29, 0.717) is 36.2 Å². The van der Waals surface area contributed by atoms with Gasteiger partial charge < -0.3 is 9.47 Å². The zero-order valence-electron chi connectivity index (χ0n) is 15.0. The van der Waals surface area contributed by atoms with E-state index in [0.717, 1.165) is 6.42 Å². The number of carbonyl (C=O) groups is 2. The first kappa shape index (κ1) is 17.5. The van der Waals surface area contributed by atoms with E-state index < -0.39 is 0 Å². The molecule has 0 N–H and O–H groups in total. The first-order chi connectivity index (χ1) is 13.2. The molecule has 4 heteroatoms. The minimum absolute atomic E-state index is 0.191. The molecule has 4 nitrogen and oxygen atoms in total. The largest absolute Gasteiger partial charge is 0.462 e. The van der Waals surface area contributed by atoms with Gasteiger partial charge in [-0.15, -0.1) is 0 Å². The molecule has 4 atom stereocenters. The number of rotatable bonds is 6. The van der Waals surface area contributed by atoms with Crippen LogP contribution in [-0.4, -0.2) is 25.2 Å². The van der Waals surface area contributed by atoms with Gasteiger partial charge in [0.25, 0.3) is 0 Å². The highest BCUT2D eigenvalue weighted by Gasteiger charge is 2.45. The second kappa shape index (κ2) is 7.78. The molecule has 2 aromatic rings. The maximum atomic E-state index is 12.2. The standard InChI is InChI=1S/C23H22O4/c24-22(16-7-3-1-4-8-16)26-14-20-18-11-12-19(13-18)21(20)15-27-23(25)17-9-5-2-6-10-17/h1-12,18-21H,13-15H2/t18-,19+,20-,21+. The number of esters is 2. The van der Waals surface area contributed by atoms with E-state index in [9.17, 15) is 9.59 Å². The van der Waals surface area contributed by atoms with Crippen molar-refractivity contribution in [1.82, 2.24) is 0 Å². The number of carbonyl (C=O) groups excluding carboxylic acids is 2. The smallest absolute Gasteiger partial charge is 0.338 e. The van der Waals surface area contributed by atoms with E-state index in [2.05, 4.69) is 12.2 Å². The lowest BCUT2D eigenvalue weighted by molar-refractivity contribution is 0.0204. The van der Waals surface area contributed by atoms with Crippen LogP contribution in [0.25, 0.3) is 0 Å². The molecule has 2 aliphatic carbocycles. The highest BCUT2D eigenvalue weighted by Crippen LogP contribution is 2.48. The minimum atomic E-state index is -0.303. The molecule has 0 radical (unpaired) electrons. The first-order valence-electron chi connectivity index (χ1n) is 9.35. The SMILES string of the molecule is O=C(OC[C@@H]1[C@H](COC(=O)c2ccccc2)[C@@H]2C=C[C@H]1C2)c1ccccc1. The van der Waals surface area contributed by atoms with Crippen LogP contribution in [0.15, 0.2) is 72.8 Å². The van der Waals surface area contributed by atoms with Crippen LogP contribution in [0.5, 0.6) is 0 Å². The Kier molecular flexibility index (Phi) is 5.05. The summed E-state index contributed by atoms with van der Waals surface area (Å²) in [6.45, 7) is 0.708. The molecule has 2 aromatic carbocycles. The second-order valence-corrected chi connectivity index (χ2v) is 7.20. The monoisotopic (exact) mass is 362 g/mol. The average Bonchev–Trinajstić information content (AvgIpc) is 3.33. The molecular formula is C23H22O4. The molecule has 0 saturated heterocycles. The molecule has 0 unspecified atom stereocenters. The number of hydrogen-bond acceptors (Lipinski definition) is 4. The van der Waals surface area contributed by atoms with Crippen LogP contribution < -0.4 is 0 Å². The Morgan fingerprint density at radius 3 is 1.52 bits per heavy atom. The van der Waals surface area contributed by atoms with Crippen molar-refractivity contribution in [3.63, 3.8) is 0 Å². The molecule has 0 spiro atoms. The summed E-state index contributed by atoms with van der Waals surface area (Å²) < 4.78 is 11.1.